The van der Waals surface area contributed by atoms with Gasteiger partial charge in [0.15, 0.2) is 0 Å². The van der Waals surface area contributed by atoms with Gasteiger partial charge in [-0.3, -0.25) is 9.78 Å². The molecule has 0 bridgehead atoms. The van der Waals surface area contributed by atoms with Crippen molar-refractivity contribution in [3.8, 4) is 5.75 Å². The largest absolute Gasteiger partial charge is 0.487 e. The maximum absolute atomic E-state index is 11.9. The van der Waals surface area contributed by atoms with E-state index in [1.165, 1.54) is 0 Å². The maximum Gasteiger partial charge on any atom is 0.246 e. The zero-order chi connectivity index (χ0) is 13.8. The van der Waals surface area contributed by atoms with Crippen molar-refractivity contribution < 1.29 is 9.53 Å². The summed E-state index contributed by atoms with van der Waals surface area (Å²) >= 11 is 3.36. The first-order chi connectivity index (χ1) is 9.04. The molecular formula is C14H17BrN2O2. The van der Waals surface area contributed by atoms with Crippen LogP contribution in [0.2, 0.25) is 0 Å². The molecule has 1 aromatic heterocycles. The Labute approximate surface area is 121 Å². The molecule has 1 amide bonds. The van der Waals surface area contributed by atoms with Crippen molar-refractivity contribution in [2.45, 2.75) is 26.4 Å². The number of amides is 1. The van der Waals surface area contributed by atoms with Crippen molar-refractivity contribution in [2.75, 3.05) is 13.1 Å². The fourth-order valence-corrected chi connectivity index (χ4v) is 2.36. The first kappa shape index (κ1) is 14.1. The number of carbonyl (C=O) groups is 1. The summed E-state index contributed by atoms with van der Waals surface area (Å²) in [7, 11) is 0. The highest BCUT2D eigenvalue weighted by molar-refractivity contribution is 9.10. The standard InChI is InChI=1S/C14H17BrN2O2/c1-10(2)5-14(18)17-4-3-12(9-17)19-13-6-11(15)7-16-8-13/h5-8,12H,3-4,9H2,1-2H3/t12-/m0/s1. The number of allylic oxidation sites excluding steroid dienone is 1. The zero-order valence-electron chi connectivity index (χ0n) is 11.1. The first-order valence-electron chi connectivity index (χ1n) is 6.25. The third-order valence-electron chi connectivity index (χ3n) is 2.85. The lowest BCUT2D eigenvalue weighted by molar-refractivity contribution is -0.125. The van der Waals surface area contributed by atoms with E-state index in [-0.39, 0.29) is 12.0 Å². The molecule has 0 saturated carbocycles. The summed E-state index contributed by atoms with van der Waals surface area (Å²) in [5, 5.41) is 0. The van der Waals surface area contributed by atoms with E-state index < -0.39 is 0 Å². The molecule has 1 atom stereocenters. The lowest BCUT2D eigenvalue weighted by Crippen LogP contribution is -2.29. The van der Waals surface area contributed by atoms with Gasteiger partial charge in [-0.05, 0) is 35.8 Å². The van der Waals surface area contributed by atoms with Crippen LogP contribution in [0.4, 0.5) is 0 Å². The Kier molecular flexibility index (Phi) is 4.58. The van der Waals surface area contributed by atoms with Gasteiger partial charge in [0.1, 0.15) is 11.9 Å². The van der Waals surface area contributed by atoms with Crippen LogP contribution in [-0.4, -0.2) is 35.0 Å². The molecule has 5 heteroatoms. The molecule has 19 heavy (non-hydrogen) atoms. The molecule has 0 N–H and O–H groups in total. The molecule has 2 heterocycles. The second kappa shape index (κ2) is 6.19. The number of rotatable bonds is 3. The lowest BCUT2D eigenvalue weighted by atomic mass is 10.3. The summed E-state index contributed by atoms with van der Waals surface area (Å²) < 4.78 is 6.72. The van der Waals surface area contributed by atoms with Gasteiger partial charge in [-0.25, -0.2) is 0 Å². The van der Waals surface area contributed by atoms with Crippen LogP contribution in [0.25, 0.3) is 0 Å². The molecule has 1 saturated heterocycles. The smallest absolute Gasteiger partial charge is 0.246 e. The van der Waals surface area contributed by atoms with Crippen molar-refractivity contribution in [3.63, 3.8) is 0 Å². The van der Waals surface area contributed by atoms with Crippen LogP contribution in [0, 0.1) is 0 Å². The van der Waals surface area contributed by atoms with E-state index in [4.69, 9.17) is 4.74 Å². The highest BCUT2D eigenvalue weighted by Gasteiger charge is 2.26. The Hall–Kier alpha value is -1.36. The number of pyridine rings is 1. The number of likely N-dealkylation sites (tertiary alicyclic amines) is 1. The summed E-state index contributed by atoms with van der Waals surface area (Å²) in [5.74, 6) is 0.800. The predicted molar refractivity (Wildman–Crippen MR) is 77.0 cm³/mol. The van der Waals surface area contributed by atoms with Crippen LogP contribution in [0.3, 0.4) is 0 Å². The Bertz CT molecular complexity index is 498. The van der Waals surface area contributed by atoms with Gasteiger partial charge in [0.05, 0.1) is 12.7 Å². The first-order valence-corrected chi connectivity index (χ1v) is 7.05. The van der Waals surface area contributed by atoms with E-state index in [0.29, 0.717) is 6.54 Å². The van der Waals surface area contributed by atoms with E-state index in [0.717, 1.165) is 28.8 Å². The molecule has 2 rings (SSSR count). The fourth-order valence-electron chi connectivity index (χ4n) is 2.01. The third kappa shape index (κ3) is 4.06. The normalized spacial score (nSPS) is 18.3. The van der Waals surface area contributed by atoms with Crippen molar-refractivity contribution in [2.24, 2.45) is 0 Å². The summed E-state index contributed by atoms with van der Waals surface area (Å²) in [6, 6.07) is 1.88. The second-order valence-corrected chi connectivity index (χ2v) is 5.79. The van der Waals surface area contributed by atoms with Gasteiger partial charge in [-0.15, -0.1) is 0 Å². The minimum atomic E-state index is 0.0469. The number of ether oxygens (including phenoxy) is 1. The Morgan fingerprint density at radius 3 is 3.00 bits per heavy atom. The fraction of sp³-hybridized carbons (Fsp3) is 0.429. The van der Waals surface area contributed by atoms with Gasteiger partial charge in [-0.2, -0.15) is 0 Å². The summed E-state index contributed by atoms with van der Waals surface area (Å²) in [4.78, 5) is 17.8. The number of nitrogens with zero attached hydrogens (tertiary/aromatic N) is 2. The predicted octanol–water partition coefficient (Wildman–Crippen LogP) is 2.79. The van der Waals surface area contributed by atoms with Crippen molar-refractivity contribution in [1.82, 2.24) is 9.88 Å². The van der Waals surface area contributed by atoms with Crippen LogP contribution < -0.4 is 4.74 Å². The SMILES string of the molecule is CC(C)=CC(=O)N1CC[C@H](Oc2cncc(Br)c2)C1. The Morgan fingerprint density at radius 1 is 1.53 bits per heavy atom. The minimum Gasteiger partial charge on any atom is -0.487 e. The number of halogens is 1. The number of hydrogen-bond acceptors (Lipinski definition) is 3. The molecule has 1 aromatic rings. The van der Waals surface area contributed by atoms with Gasteiger partial charge >= 0.3 is 0 Å². The van der Waals surface area contributed by atoms with E-state index in [1.54, 1.807) is 18.5 Å². The van der Waals surface area contributed by atoms with Gasteiger partial charge < -0.3 is 9.64 Å². The van der Waals surface area contributed by atoms with Crippen LogP contribution in [0.5, 0.6) is 5.75 Å². The zero-order valence-corrected chi connectivity index (χ0v) is 12.7. The molecule has 0 unspecified atom stereocenters. The van der Waals surface area contributed by atoms with Gasteiger partial charge in [-0.1, -0.05) is 5.57 Å². The molecule has 0 aliphatic carbocycles. The topological polar surface area (TPSA) is 42.4 Å². The molecular weight excluding hydrogens is 308 g/mol. The van der Waals surface area contributed by atoms with Crippen LogP contribution in [-0.2, 0) is 4.79 Å². The molecule has 0 spiro atoms. The molecule has 0 aromatic carbocycles. The lowest BCUT2D eigenvalue weighted by Gasteiger charge is -2.16. The highest BCUT2D eigenvalue weighted by Crippen LogP contribution is 2.21. The minimum absolute atomic E-state index is 0.0469. The quantitative estimate of drug-likeness (QED) is 0.803. The monoisotopic (exact) mass is 324 g/mol. The molecule has 102 valence electrons. The van der Waals surface area contributed by atoms with Crippen LogP contribution >= 0.6 is 15.9 Å². The number of aromatic nitrogens is 1. The number of carbonyl (C=O) groups excluding carboxylic acids is 1. The van der Waals surface area contributed by atoms with E-state index in [1.807, 2.05) is 24.8 Å². The van der Waals surface area contributed by atoms with Crippen LogP contribution in [0.15, 0.2) is 34.6 Å². The van der Waals surface area contributed by atoms with Crippen molar-refractivity contribution in [3.05, 3.63) is 34.6 Å². The maximum atomic E-state index is 11.9. The molecule has 1 aliphatic heterocycles. The summed E-state index contributed by atoms with van der Waals surface area (Å²) in [6.45, 7) is 5.23. The second-order valence-electron chi connectivity index (χ2n) is 4.87. The van der Waals surface area contributed by atoms with Gasteiger partial charge in [0, 0.05) is 29.7 Å². The van der Waals surface area contributed by atoms with E-state index in [2.05, 4.69) is 20.9 Å². The van der Waals surface area contributed by atoms with Gasteiger partial charge in [0.2, 0.25) is 5.91 Å². The average molecular weight is 325 g/mol. The van der Waals surface area contributed by atoms with Gasteiger partial charge in [0.25, 0.3) is 0 Å². The van der Waals surface area contributed by atoms with E-state index >= 15 is 0 Å². The highest BCUT2D eigenvalue weighted by atomic mass is 79.9. The third-order valence-corrected chi connectivity index (χ3v) is 3.29. The van der Waals surface area contributed by atoms with Crippen LogP contribution in [0.1, 0.15) is 20.3 Å². The molecule has 1 fully saturated rings. The molecule has 4 nitrogen and oxygen atoms in total. The van der Waals surface area contributed by atoms with Crippen molar-refractivity contribution in [1.29, 1.82) is 0 Å². The Morgan fingerprint density at radius 2 is 2.32 bits per heavy atom. The summed E-state index contributed by atoms with van der Waals surface area (Å²) in [6.07, 6.45) is 5.97. The van der Waals surface area contributed by atoms with E-state index in [9.17, 15) is 4.79 Å². The molecule has 0 radical (unpaired) electrons. The molecule has 1 aliphatic rings. The average Bonchev–Trinajstić information content (AvgIpc) is 2.76. The van der Waals surface area contributed by atoms with Crippen molar-refractivity contribution >= 4 is 21.8 Å². The summed E-state index contributed by atoms with van der Waals surface area (Å²) in [5.41, 5.74) is 1.02. The number of hydrogen-bond donors (Lipinski definition) is 0. The Balaban J connectivity index is 1.92.